The normalized spacial score (nSPS) is 11.6. The predicted octanol–water partition coefficient (Wildman–Crippen LogP) is 6.69. The molecule has 0 unspecified atom stereocenters. The van der Waals surface area contributed by atoms with Crippen molar-refractivity contribution in [3.05, 3.63) is 42.2 Å². The number of carboxylic acids is 1. The van der Waals surface area contributed by atoms with Crippen LogP contribution in [-0.2, 0) is 48.1 Å². The summed E-state index contributed by atoms with van der Waals surface area (Å²) in [5.41, 5.74) is -0.274. The Hall–Kier alpha value is -4.23. The smallest absolute Gasteiger partial charge is 0.329 e. The van der Waals surface area contributed by atoms with Crippen molar-refractivity contribution in [2.75, 3.05) is 70.7 Å². The van der Waals surface area contributed by atoms with E-state index in [0.29, 0.717) is 31.8 Å². The number of rotatable bonds is 38. The van der Waals surface area contributed by atoms with Crippen LogP contribution in [0.5, 0.6) is 5.75 Å². The van der Waals surface area contributed by atoms with Crippen LogP contribution in [0.15, 0.2) is 41.6 Å². The summed E-state index contributed by atoms with van der Waals surface area (Å²) in [4.78, 5) is 54.5. The Kier molecular flexibility index (Phi) is 28.2. The Balaban J connectivity index is 1.49. The minimum absolute atomic E-state index is 0.00308. The van der Waals surface area contributed by atoms with Gasteiger partial charge in [0.25, 0.3) is 15.9 Å². The molecule has 0 saturated heterocycles. The number of carbonyl (C=O) groups excluding carboxylic acids is 3. The third kappa shape index (κ3) is 28.4. The van der Waals surface area contributed by atoms with Gasteiger partial charge in [-0.3, -0.25) is 14.4 Å². The van der Waals surface area contributed by atoms with Crippen LogP contribution < -0.4 is 14.8 Å². The number of carbonyl (C=O) groups is 4. The van der Waals surface area contributed by atoms with Gasteiger partial charge in [-0.25, -0.2) is 27.9 Å². The highest BCUT2D eigenvalue weighted by atomic mass is 32.2. The van der Waals surface area contributed by atoms with Crippen molar-refractivity contribution in [2.45, 2.75) is 134 Å². The highest BCUT2D eigenvalue weighted by Gasteiger charge is 2.18. The van der Waals surface area contributed by atoms with Gasteiger partial charge in [0.15, 0.2) is 5.78 Å². The number of aliphatic carboxylic acids is 1. The number of hydrogen-bond donors (Lipinski definition) is 3. The summed E-state index contributed by atoms with van der Waals surface area (Å²) >= 11 is 0. The SMILES string of the molecule is CC(C)(C)OC(=O)CCCCCCCCCCCCCCCOc1cccc(S(=O)(=O)Nc2ncc(C(=O)NCCOCCOCC(=O)CCCOCCOCC(=O)O)cn2)c1. The number of hydrogen-bond acceptors (Lipinski definition) is 14. The van der Waals surface area contributed by atoms with E-state index in [4.69, 9.17) is 33.5 Å². The molecule has 0 saturated carbocycles. The number of anilines is 1. The number of unbranched alkanes of at least 4 members (excludes halogenated alkanes) is 12. The second kappa shape index (κ2) is 32.4. The maximum Gasteiger partial charge on any atom is 0.329 e. The summed E-state index contributed by atoms with van der Waals surface area (Å²) in [5.74, 6) is -1.43. The predicted molar refractivity (Wildman–Crippen MR) is 233 cm³/mol. The molecule has 0 atom stereocenters. The summed E-state index contributed by atoms with van der Waals surface area (Å²) in [6.07, 6.45) is 18.6. The first kappa shape index (κ1) is 53.9. The Morgan fingerprint density at radius 2 is 1.23 bits per heavy atom. The van der Waals surface area contributed by atoms with Crippen LogP contribution in [0.1, 0.15) is 134 Å². The van der Waals surface area contributed by atoms with Gasteiger partial charge in [0, 0.05) is 44.5 Å². The molecule has 17 nitrogen and oxygen atoms in total. The molecular formula is C44H70N4O13S. The number of amides is 1. The number of carboxylic acid groups (broad SMARTS) is 1. The molecule has 0 fully saturated rings. The summed E-state index contributed by atoms with van der Waals surface area (Å²) in [5, 5.41) is 11.1. The first-order valence-electron chi connectivity index (χ1n) is 21.9. The first-order chi connectivity index (χ1) is 29.7. The molecule has 2 aromatic rings. The maximum absolute atomic E-state index is 13.0. The Bertz CT molecular complexity index is 1670. The van der Waals surface area contributed by atoms with Gasteiger partial charge >= 0.3 is 11.9 Å². The molecule has 0 spiro atoms. The van der Waals surface area contributed by atoms with Gasteiger partial charge in [-0.05, 0) is 52.2 Å². The van der Waals surface area contributed by atoms with Gasteiger partial charge in [-0.15, -0.1) is 0 Å². The van der Waals surface area contributed by atoms with Crippen LogP contribution in [0, 0.1) is 0 Å². The molecule has 62 heavy (non-hydrogen) atoms. The summed E-state index contributed by atoms with van der Waals surface area (Å²) < 4.78 is 60.5. The van der Waals surface area contributed by atoms with Crippen molar-refractivity contribution < 1.29 is 61.1 Å². The average molecular weight is 895 g/mol. The van der Waals surface area contributed by atoms with Crippen LogP contribution >= 0.6 is 0 Å². The fraction of sp³-hybridized carbons (Fsp3) is 0.682. The third-order valence-electron chi connectivity index (χ3n) is 8.98. The molecule has 1 aromatic heterocycles. The third-order valence-corrected chi connectivity index (χ3v) is 10.3. The molecule has 350 valence electrons. The number of Topliss-reactive ketones (excluding diaryl/α,β-unsaturated/α-hetero) is 1. The summed E-state index contributed by atoms with van der Waals surface area (Å²) in [7, 11) is -4.02. The van der Waals surface area contributed by atoms with Crippen LogP contribution in [0.2, 0.25) is 0 Å². The molecule has 3 N–H and O–H groups in total. The number of aromatic nitrogens is 2. The minimum atomic E-state index is -4.02. The fourth-order valence-electron chi connectivity index (χ4n) is 5.87. The summed E-state index contributed by atoms with van der Waals surface area (Å²) in [6, 6.07) is 6.23. The van der Waals surface area contributed by atoms with E-state index in [-0.39, 0.29) is 87.4 Å². The molecule has 1 amide bonds. The Labute approximate surface area is 367 Å². The van der Waals surface area contributed by atoms with E-state index in [0.717, 1.165) is 32.1 Å². The van der Waals surface area contributed by atoms with E-state index in [1.807, 2.05) is 20.8 Å². The quantitative estimate of drug-likeness (QED) is 0.0471. The van der Waals surface area contributed by atoms with Gasteiger partial charge in [0.1, 0.15) is 24.6 Å². The second-order valence-electron chi connectivity index (χ2n) is 15.8. The lowest BCUT2D eigenvalue weighted by Gasteiger charge is -2.19. The van der Waals surface area contributed by atoms with Crippen molar-refractivity contribution >= 4 is 39.6 Å². The van der Waals surface area contributed by atoms with Gasteiger partial charge in [-0.1, -0.05) is 76.7 Å². The van der Waals surface area contributed by atoms with E-state index in [2.05, 4.69) is 20.0 Å². The maximum atomic E-state index is 13.0. The van der Waals surface area contributed by atoms with E-state index in [9.17, 15) is 27.6 Å². The van der Waals surface area contributed by atoms with E-state index in [1.54, 1.807) is 12.1 Å². The molecule has 0 radical (unpaired) electrons. The van der Waals surface area contributed by atoms with Crippen LogP contribution in [0.4, 0.5) is 5.95 Å². The molecule has 1 heterocycles. The van der Waals surface area contributed by atoms with Gasteiger partial charge < -0.3 is 38.8 Å². The molecule has 18 heteroatoms. The fourth-order valence-corrected chi connectivity index (χ4v) is 6.87. The van der Waals surface area contributed by atoms with Gasteiger partial charge in [-0.2, -0.15) is 0 Å². The van der Waals surface area contributed by atoms with Crippen LogP contribution in [0.3, 0.4) is 0 Å². The van der Waals surface area contributed by atoms with E-state index >= 15 is 0 Å². The van der Waals surface area contributed by atoms with Crippen molar-refractivity contribution in [1.82, 2.24) is 15.3 Å². The van der Waals surface area contributed by atoms with Crippen molar-refractivity contribution in [3.63, 3.8) is 0 Å². The molecule has 0 bridgehead atoms. The number of nitrogens with one attached hydrogen (secondary N) is 2. The number of ketones is 1. The number of ether oxygens (including phenoxy) is 6. The number of nitrogens with zero attached hydrogens (tertiary/aromatic N) is 2. The van der Waals surface area contributed by atoms with Gasteiger partial charge in [0.05, 0.1) is 50.1 Å². The molecule has 0 aliphatic carbocycles. The molecule has 1 aromatic carbocycles. The van der Waals surface area contributed by atoms with Crippen molar-refractivity contribution in [1.29, 1.82) is 0 Å². The molecule has 0 aliphatic heterocycles. The zero-order valence-corrected chi connectivity index (χ0v) is 37.8. The largest absolute Gasteiger partial charge is 0.494 e. The highest BCUT2D eigenvalue weighted by molar-refractivity contribution is 7.92. The van der Waals surface area contributed by atoms with E-state index < -0.39 is 27.5 Å². The average Bonchev–Trinajstić information content (AvgIpc) is 3.22. The van der Waals surface area contributed by atoms with Crippen molar-refractivity contribution in [3.8, 4) is 5.75 Å². The number of esters is 1. The van der Waals surface area contributed by atoms with Crippen molar-refractivity contribution in [2.24, 2.45) is 0 Å². The highest BCUT2D eigenvalue weighted by Crippen LogP contribution is 2.20. The topological polar surface area (TPSA) is 228 Å². The minimum Gasteiger partial charge on any atom is -0.494 e. The molecular weight excluding hydrogens is 825 g/mol. The van der Waals surface area contributed by atoms with E-state index in [1.165, 1.54) is 75.9 Å². The Morgan fingerprint density at radius 1 is 0.661 bits per heavy atom. The monoisotopic (exact) mass is 894 g/mol. The lowest BCUT2D eigenvalue weighted by molar-refractivity contribution is -0.155. The lowest BCUT2D eigenvalue weighted by atomic mass is 10.0. The van der Waals surface area contributed by atoms with Crippen LogP contribution in [-0.4, -0.2) is 119 Å². The Morgan fingerprint density at radius 3 is 1.84 bits per heavy atom. The standard InChI is InChI=1S/C44H70N4O13S/c1-44(2,3)61-41(52)22-15-13-11-9-7-5-4-6-8-10-12-14-16-25-60-38-20-17-21-39(31-38)62(54,55)48-43-46-32-36(33-47-43)42(53)45-23-26-57-28-29-58-34-37(49)19-18-24-56-27-30-59-35-40(50)51/h17,20-21,31-33H,4-16,18-19,22-30,34-35H2,1-3H3,(H,45,53)(H,50,51)(H,46,47,48). The number of benzene rings is 1. The molecule has 0 aliphatic rings. The zero-order chi connectivity index (χ0) is 45.3. The second-order valence-corrected chi connectivity index (χ2v) is 17.5. The zero-order valence-electron chi connectivity index (χ0n) is 37.0. The molecule has 2 rings (SSSR count). The lowest BCUT2D eigenvalue weighted by Crippen LogP contribution is -2.28. The number of sulfonamides is 1. The first-order valence-corrected chi connectivity index (χ1v) is 23.4. The summed E-state index contributed by atoms with van der Waals surface area (Å²) in [6.45, 7) is 7.33. The van der Waals surface area contributed by atoms with Gasteiger partial charge in [0.2, 0.25) is 5.95 Å². The van der Waals surface area contributed by atoms with Crippen LogP contribution in [0.25, 0.3) is 0 Å².